The maximum atomic E-state index is 4.40. The maximum Gasteiger partial charge on any atom is 0.0562 e. The molecule has 18 heavy (non-hydrogen) atoms. The number of halogens is 1. The van der Waals surface area contributed by atoms with Crippen molar-refractivity contribution in [2.24, 2.45) is 5.92 Å². The van der Waals surface area contributed by atoms with E-state index in [1.54, 1.807) is 5.57 Å². The Morgan fingerprint density at radius 2 is 2.22 bits per heavy atom. The summed E-state index contributed by atoms with van der Waals surface area (Å²) in [4.78, 5) is 0. The molecule has 2 rings (SSSR count). The average Bonchev–Trinajstić information content (AvgIpc) is 2.85. The molecule has 0 spiro atoms. The Hall–Kier alpha value is -0.570. The van der Waals surface area contributed by atoms with Gasteiger partial charge in [-0.25, -0.2) is 0 Å². The average molecular weight is 311 g/mol. The molecule has 0 amide bonds. The summed E-state index contributed by atoms with van der Waals surface area (Å²) in [7, 11) is 0. The van der Waals surface area contributed by atoms with E-state index in [4.69, 9.17) is 0 Å². The minimum Gasteiger partial charge on any atom is -0.272 e. The number of alkyl halides is 1. The summed E-state index contributed by atoms with van der Waals surface area (Å²) in [5.74, 6) is 0.785. The first-order valence-electron chi connectivity index (χ1n) is 7.12. The zero-order valence-electron chi connectivity index (χ0n) is 11.2. The molecule has 0 unspecified atom stereocenters. The highest BCUT2D eigenvalue weighted by Gasteiger charge is 2.17. The smallest absolute Gasteiger partial charge is 0.0562 e. The highest BCUT2D eigenvalue weighted by atomic mass is 79.9. The Labute approximate surface area is 119 Å². The number of nitrogens with zero attached hydrogens (tertiary/aromatic N) is 2. The second kappa shape index (κ2) is 7.13. The van der Waals surface area contributed by atoms with Crippen LogP contribution in [0.1, 0.15) is 51.0 Å². The molecule has 3 heteroatoms. The van der Waals surface area contributed by atoms with Crippen LogP contribution in [0.15, 0.2) is 18.0 Å². The van der Waals surface area contributed by atoms with Crippen molar-refractivity contribution in [2.45, 2.75) is 52.0 Å². The maximum absolute atomic E-state index is 4.40. The van der Waals surface area contributed by atoms with Crippen molar-refractivity contribution in [2.75, 3.05) is 5.33 Å². The minimum absolute atomic E-state index is 0.785. The van der Waals surface area contributed by atoms with E-state index in [9.17, 15) is 0 Å². The predicted octanol–water partition coefficient (Wildman–Crippen LogP) is 4.65. The molecule has 0 atom stereocenters. The normalized spacial score (nSPS) is 18.2. The first kappa shape index (κ1) is 13.9. The van der Waals surface area contributed by atoms with Gasteiger partial charge in [-0.05, 0) is 25.2 Å². The van der Waals surface area contributed by atoms with Crippen LogP contribution in [0.4, 0.5) is 0 Å². The van der Waals surface area contributed by atoms with Crippen LogP contribution in [-0.4, -0.2) is 15.1 Å². The number of hydrogen-bond acceptors (Lipinski definition) is 1. The summed E-state index contributed by atoms with van der Waals surface area (Å²) in [6, 6.07) is 0. The Morgan fingerprint density at radius 3 is 2.89 bits per heavy atom. The zero-order valence-corrected chi connectivity index (χ0v) is 12.8. The molecule has 1 aromatic heterocycles. The van der Waals surface area contributed by atoms with Crippen molar-refractivity contribution in [3.05, 3.63) is 23.5 Å². The third-order valence-corrected chi connectivity index (χ3v) is 4.39. The molecule has 1 saturated carbocycles. The Balaban J connectivity index is 2.06. The lowest BCUT2D eigenvalue weighted by atomic mass is 9.84. The summed E-state index contributed by atoms with van der Waals surface area (Å²) in [5.41, 5.74) is 2.80. The summed E-state index contributed by atoms with van der Waals surface area (Å²) >= 11 is 3.65. The van der Waals surface area contributed by atoms with Crippen LogP contribution >= 0.6 is 15.9 Å². The van der Waals surface area contributed by atoms with Crippen LogP contribution in [0.5, 0.6) is 0 Å². The van der Waals surface area contributed by atoms with Gasteiger partial charge in [-0.2, -0.15) is 5.10 Å². The van der Waals surface area contributed by atoms with Crippen molar-refractivity contribution in [3.8, 4) is 0 Å². The number of hydrogen-bond donors (Lipinski definition) is 0. The molecule has 1 aliphatic carbocycles. The van der Waals surface area contributed by atoms with Crippen LogP contribution in [0, 0.1) is 5.92 Å². The van der Waals surface area contributed by atoms with E-state index in [2.05, 4.69) is 40.2 Å². The fourth-order valence-electron chi connectivity index (χ4n) is 2.76. The summed E-state index contributed by atoms with van der Waals surface area (Å²) in [5, 5.41) is 5.39. The fourth-order valence-corrected chi connectivity index (χ4v) is 3.38. The van der Waals surface area contributed by atoms with Gasteiger partial charge >= 0.3 is 0 Å². The van der Waals surface area contributed by atoms with Gasteiger partial charge in [0.1, 0.15) is 0 Å². The predicted molar refractivity (Wildman–Crippen MR) is 80.9 cm³/mol. The Bertz CT molecular complexity index is 389. The standard InChI is InChI=1S/C15H23BrN2/c1-2-8-18-12-13(11-17-18)9-15(10-16)14-6-4-3-5-7-14/h9,11-12,14H,2-8,10H2,1H3/b15-9-. The molecular weight excluding hydrogens is 288 g/mol. The highest BCUT2D eigenvalue weighted by Crippen LogP contribution is 2.31. The number of rotatable bonds is 5. The van der Waals surface area contributed by atoms with Crippen molar-refractivity contribution in [1.82, 2.24) is 9.78 Å². The highest BCUT2D eigenvalue weighted by molar-refractivity contribution is 9.09. The molecule has 0 N–H and O–H groups in total. The molecule has 1 aliphatic rings. The van der Waals surface area contributed by atoms with E-state index < -0.39 is 0 Å². The van der Waals surface area contributed by atoms with Crippen LogP contribution in [0.25, 0.3) is 6.08 Å². The number of aryl methyl sites for hydroxylation is 1. The summed E-state index contributed by atoms with van der Waals surface area (Å²) < 4.78 is 2.04. The first-order valence-corrected chi connectivity index (χ1v) is 8.24. The monoisotopic (exact) mass is 310 g/mol. The van der Waals surface area contributed by atoms with E-state index in [0.29, 0.717) is 0 Å². The molecule has 2 nitrogen and oxygen atoms in total. The summed E-state index contributed by atoms with van der Waals surface area (Å²) in [6.45, 7) is 3.20. The van der Waals surface area contributed by atoms with Crippen LogP contribution in [0.2, 0.25) is 0 Å². The van der Waals surface area contributed by atoms with Gasteiger partial charge in [-0.15, -0.1) is 0 Å². The molecule has 0 aromatic carbocycles. The van der Waals surface area contributed by atoms with Crippen molar-refractivity contribution >= 4 is 22.0 Å². The van der Waals surface area contributed by atoms with E-state index >= 15 is 0 Å². The van der Waals surface area contributed by atoms with Crippen molar-refractivity contribution < 1.29 is 0 Å². The third-order valence-electron chi connectivity index (χ3n) is 3.74. The molecule has 1 fully saturated rings. The quantitative estimate of drug-likeness (QED) is 0.724. The van der Waals surface area contributed by atoms with Gasteiger partial charge in [0.15, 0.2) is 0 Å². The van der Waals surface area contributed by atoms with Gasteiger partial charge in [-0.3, -0.25) is 4.68 Å². The number of allylic oxidation sites excluding steroid dienone is 1. The van der Waals surface area contributed by atoms with Gasteiger partial charge in [-0.1, -0.05) is 53.8 Å². The van der Waals surface area contributed by atoms with Gasteiger partial charge in [0, 0.05) is 23.6 Å². The molecule has 0 aliphatic heterocycles. The topological polar surface area (TPSA) is 17.8 Å². The molecule has 1 heterocycles. The van der Waals surface area contributed by atoms with E-state index in [1.165, 1.54) is 37.7 Å². The molecular formula is C15H23BrN2. The molecule has 0 saturated heterocycles. The largest absolute Gasteiger partial charge is 0.272 e. The van der Waals surface area contributed by atoms with E-state index in [0.717, 1.165) is 24.2 Å². The molecule has 0 radical (unpaired) electrons. The zero-order chi connectivity index (χ0) is 12.8. The van der Waals surface area contributed by atoms with Crippen LogP contribution in [0.3, 0.4) is 0 Å². The van der Waals surface area contributed by atoms with Gasteiger partial charge in [0.2, 0.25) is 0 Å². The lowest BCUT2D eigenvalue weighted by Gasteiger charge is -2.23. The van der Waals surface area contributed by atoms with Crippen molar-refractivity contribution in [1.29, 1.82) is 0 Å². The Morgan fingerprint density at radius 1 is 1.44 bits per heavy atom. The summed E-state index contributed by atoms with van der Waals surface area (Å²) in [6.07, 6.45) is 14.6. The first-order chi connectivity index (χ1) is 8.83. The molecule has 1 aromatic rings. The van der Waals surface area contributed by atoms with Gasteiger partial charge in [0.05, 0.1) is 6.20 Å². The minimum atomic E-state index is 0.785. The second-order valence-electron chi connectivity index (χ2n) is 5.22. The van der Waals surface area contributed by atoms with Gasteiger partial charge in [0.25, 0.3) is 0 Å². The third kappa shape index (κ3) is 3.71. The van der Waals surface area contributed by atoms with Crippen molar-refractivity contribution in [3.63, 3.8) is 0 Å². The molecule has 100 valence electrons. The molecule has 0 bridgehead atoms. The van der Waals surface area contributed by atoms with E-state index in [-0.39, 0.29) is 0 Å². The van der Waals surface area contributed by atoms with Crippen LogP contribution in [-0.2, 0) is 6.54 Å². The van der Waals surface area contributed by atoms with E-state index in [1.807, 2.05) is 10.9 Å². The lowest BCUT2D eigenvalue weighted by molar-refractivity contribution is 0.405. The van der Waals surface area contributed by atoms with Crippen LogP contribution < -0.4 is 0 Å². The SMILES string of the molecule is CCCn1cc(/C=C(/CBr)C2CCCCC2)cn1. The number of aromatic nitrogens is 2. The lowest BCUT2D eigenvalue weighted by Crippen LogP contribution is -2.09. The van der Waals surface area contributed by atoms with Gasteiger partial charge < -0.3 is 0 Å². The Kier molecular flexibility index (Phi) is 5.48. The second-order valence-corrected chi connectivity index (χ2v) is 5.79. The fraction of sp³-hybridized carbons (Fsp3) is 0.667.